The fourth-order valence-corrected chi connectivity index (χ4v) is 2.03. The lowest BCUT2D eigenvalue weighted by molar-refractivity contribution is 0.361. The molecule has 0 aromatic carbocycles. The average Bonchev–Trinajstić information content (AvgIpc) is 2.68. The largest absolute Gasteiger partial charge is 0.469 e. The minimum Gasteiger partial charge on any atom is -0.469 e. The lowest BCUT2D eigenvalue weighted by atomic mass is 9.87. The van der Waals surface area contributed by atoms with Crippen LogP contribution in [-0.2, 0) is 0 Å². The second-order valence-corrected chi connectivity index (χ2v) is 4.84. The maximum Gasteiger partial charge on any atom is 0.107 e. The van der Waals surface area contributed by atoms with E-state index < -0.39 is 0 Å². The minimum absolute atomic E-state index is 0.567. The molecular formula is C14H24O. The Morgan fingerprint density at radius 3 is 2.20 bits per heavy atom. The van der Waals surface area contributed by atoms with Crippen molar-refractivity contribution < 1.29 is 4.42 Å². The number of hydrogen-bond donors (Lipinski definition) is 0. The van der Waals surface area contributed by atoms with Crippen LogP contribution in [0, 0.1) is 5.92 Å². The van der Waals surface area contributed by atoms with Gasteiger partial charge < -0.3 is 4.42 Å². The Morgan fingerprint density at radius 1 is 1.13 bits per heavy atom. The van der Waals surface area contributed by atoms with Gasteiger partial charge in [0.1, 0.15) is 5.76 Å². The third-order valence-corrected chi connectivity index (χ3v) is 3.44. The fourth-order valence-electron chi connectivity index (χ4n) is 2.03. The van der Waals surface area contributed by atoms with E-state index in [9.17, 15) is 0 Å². The quantitative estimate of drug-likeness (QED) is 0.667. The van der Waals surface area contributed by atoms with E-state index in [0.29, 0.717) is 17.8 Å². The highest BCUT2D eigenvalue weighted by molar-refractivity contribution is 5.19. The highest BCUT2D eigenvalue weighted by atomic mass is 16.3. The Bertz CT molecular complexity index is 285. The van der Waals surface area contributed by atoms with Crippen LogP contribution in [0.5, 0.6) is 0 Å². The van der Waals surface area contributed by atoms with Crippen molar-refractivity contribution in [2.45, 2.75) is 59.3 Å². The summed E-state index contributed by atoms with van der Waals surface area (Å²) in [5.74, 6) is 3.04. The van der Waals surface area contributed by atoms with Gasteiger partial charge in [0, 0.05) is 5.92 Å². The van der Waals surface area contributed by atoms with E-state index >= 15 is 0 Å². The first-order valence-electron chi connectivity index (χ1n) is 6.18. The van der Waals surface area contributed by atoms with Crippen LogP contribution in [0.3, 0.4) is 0 Å². The predicted octanol–water partition coefficient (Wildman–Crippen LogP) is 4.94. The molecule has 86 valence electrons. The summed E-state index contributed by atoms with van der Waals surface area (Å²) in [7, 11) is 0. The molecule has 0 aliphatic heterocycles. The van der Waals surface area contributed by atoms with Crippen LogP contribution >= 0.6 is 0 Å². The van der Waals surface area contributed by atoms with Crippen molar-refractivity contribution in [2.75, 3.05) is 0 Å². The summed E-state index contributed by atoms with van der Waals surface area (Å²) in [6, 6.07) is 2.24. The van der Waals surface area contributed by atoms with E-state index in [1.165, 1.54) is 24.2 Å². The second-order valence-electron chi connectivity index (χ2n) is 4.84. The van der Waals surface area contributed by atoms with Crippen LogP contribution in [0.25, 0.3) is 0 Å². The number of rotatable bonds is 5. The first kappa shape index (κ1) is 12.4. The number of furan rings is 1. The van der Waals surface area contributed by atoms with Crippen molar-refractivity contribution in [3.63, 3.8) is 0 Å². The molecule has 0 aliphatic carbocycles. The zero-order valence-electron chi connectivity index (χ0n) is 10.7. The van der Waals surface area contributed by atoms with Gasteiger partial charge in [-0.05, 0) is 29.9 Å². The van der Waals surface area contributed by atoms with Gasteiger partial charge in [-0.15, -0.1) is 0 Å². The van der Waals surface area contributed by atoms with Gasteiger partial charge in [-0.3, -0.25) is 0 Å². The molecule has 0 spiro atoms. The van der Waals surface area contributed by atoms with Crippen LogP contribution in [-0.4, -0.2) is 0 Å². The van der Waals surface area contributed by atoms with Gasteiger partial charge in [0.2, 0.25) is 0 Å². The van der Waals surface area contributed by atoms with E-state index in [-0.39, 0.29) is 0 Å². The molecule has 1 rings (SSSR count). The van der Waals surface area contributed by atoms with E-state index in [0.717, 1.165) is 0 Å². The highest BCUT2D eigenvalue weighted by Gasteiger charge is 2.19. The van der Waals surface area contributed by atoms with Gasteiger partial charge in [-0.25, -0.2) is 0 Å². The fraction of sp³-hybridized carbons (Fsp3) is 0.714. The average molecular weight is 208 g/mol. The van der Waals surface area contributed by atoms with Crippen molar-refractivity contribution in [1.29, 1.82) is 0 Å². The Kier molecular flexibility index (Phi) is 4.44. The molecule has 0 bridgehead atoms. The van der Waals surface area contributed by atoms with Crippen molar-refractivity contribution >= 4 is 0 Å². The van der Waals surface area contributed by atoms with Crippen molar-refractivity contribution in [3.05, 3.63) is 23.7 Å². The van der Waals surface area contributed by atoms with E-state index in [4.69, 9.17) is 4.42 Å². The van der Waals surface area contributed by atoms with Gasteiger partial charge in [0.15, 0.2) is 0 Å². The van der Waals surface area contributed by atoms with Crippen LogP contribution < -0.4 is 0 Å². The molecule has 1 heterocycles. The smallest absolute Gasteiger partial charge is 0.107 e. The van der Waals surface area contributed by atoms with Gasteiger partial charge in [0.05, 0.1) is 6.26 Å². The van der Waals surface area contributed by atoms with Crippen LogP contribution in [0.1, 0.15) is 70.6 Å². The van der Waals surface area contributed by atoms with Crippen LogP contribution in [0.4, 0.5) is 0 Å². The summed E-state index contributed by atoms with van der Waals surface area (Å²) in [6.45, 7) is 11.2. The van der Waals surface area contributed by atoms with Gasteiger partial charge in [0.25, 0.3) is 0 Å². The monoisotopic (exact) mass is 208 g/mol. The Balaban J connectivity index is 2.83. The molecule has 1 heteroatoms. The zero-order chi connectivity index (χ0) is 11.4. The Hall–Kier alpha value is -0.720. The minimum atomic E-state index is 0.567. The number of hydrogen-bond acceptors (Lipinski definition) is 1. The molecule has 0 fully saturated rings. The third kappa shape index (κ3) is 2.87. The van der Waals surface area contributed by atoms with E-state index in [1.54, 1.807) is 0 Å². The first-order valence-corrected chi connectivity index (χ1v) is 6.18. The molecule has 0 aliphatic rings. The second kappa shape index (κ2) is 5.39. The van der Waals surface area contributed by atoms with Crippen molar-refractivity contribution in [2.24, 2.45) is 5.92 Å². The molecule has 1 aromatic rings. The van der Waals surface area contributed by atoms with Gasteiger partial charge in [-0.2, -0.15) is 0 Å². The lowest BCUT2D eigenvalue weighted by Gasteiger charge is -2.18. The lowest BCUT2D eigenvalue weighted by Crippen LogP contribution is -2.06. The zero-order valence-corrected chi connectivity index (χ0v) is 10.7. The molecule has 1 aromatic heterocycles. The topological polar surface area (TPSA) is 13.1 Å². The van der Waals surface area contributed by atoms with Gasteiger partial charge >= 0.3 is 0 Å². The normalized spacial score (nSPS) is 15.6. The molecular weight excluding hydrogens is 184 g/mol. The predicted molar refractivity (Wildman–Crippen MR) is 65.3 cm³/mol. The molecule has 1 unspecified atom stereocenters. The molecule has 0 saturated carbocycles. The molecule has 0 amide bonds. The molecule has 0 N–H and O–H groups in total. The van der Waals surface area contributed by atoms with E-state index in [1.807, 2.05) is 6.26 Å². The Morgan fingerprint density at radius 2 is 1.80 bits per heavy atom. The molecule has 1 nitrogen and oxygen atoms in total. The summed E-state index contributed by atoms with van der Waals surface area (Å²) in [6.07, 6.45) is 4.31. The molecule has 0 radical (unpaired) electrons. The SMILES string of the molecule is CCC(C)[C@H](CC)c1cc(C(C)C)co1. The third-order valence-electron chi connectivity index (χ3n) is 3.44. The molecule has 15 heavy (non-hydrogen) atoms. The van der Waals surface area contributed by atoms with Crippen LogP contribution in [0.2, 0.25) is 0 Å². The van der Waals surface area contributed by atoms with Crippen molar-refractivity contribution in [1.82, 2.24) is 0 Å². The summed E-state index contributed by atoms with van der Waals surface area (Å²) in [5.41, 5.74) is 1.33. The van der Waals surface area contributed by atoms with Gasteiger partial charge in [-0.1, -0.05) is 41.0 Å². The summed E-state index contributed by atoms with van der Waals surface area (Å²) in [4.78, 5) is 0. The summed E-state index contributed by atoms with van der Waals surface area (Å²) >= 11 is 0. The first-order chi connectivity index (χ1) is 7.10. The molecule has 0 saturated heterocycles. The maximum atomic E-state index is 5.70. The summed E-state index contributed by atoms with van der Waals surface area (Å²) in [5, 5.41) is 0. The van der Waals surface area contributed by atoms with Crippen molar-refractivity contribution in [3.8, 4) is 0 Å². The highest BCUT2D eigenvalue weighted by Crippen LogP contribution is 2.32. The Labute approximate surface area is 93.9 Å². The molecule has 2 atom stereocenters. The van der Waals surface area contributed by atoms with Crippen LogP contribution in [0.15, 0.2) is 16.7 Å². The maximum absolute atomic E-state index is 5.70. The van der Waals surface area contributed by atoms with E-state index in [2.05, 4.69) is 40.7 Å². The summed E-state index contributed by atoms with van der Waals surface area (Å²) < 4.78 is 5.70. The standard InChI is InChI=1S/C14H24O/c1-6-11(5)13(7-2)14-8-12(9-15-14)10(3)4/h8-11,13H,6-7H2,1-5H3/t11?,13-/m0/s1.